The van der Waals surface area contributed by atoms with Crippen molar-refractivity contribution in [2.24, 2.45) is 0 Å². The minimum Gasteiger partial charge on any atom is -0.495 e. The van der Waals surface area contributed by atoms with Crippen molar-refractivity contribution < 1.29 is 14.6 Å². The summed E-state index contributed by atoms with van der Waals surface area (Å²) in [5.41, 5.74) is 2.35. The van der Waals surface area contributed by atoms with Crippen molar-refractivity contribution >= 4 is 32.9 Å². The largest absolute Gasteiger partial charge is 0.495 e. The standard InChI is InChI=1S/C16H13BrN2O3/c1-22-15-11(17)7-12-14(13(15)16(20)21)18-9-19(12)8-10-5-3-2-4-6-10/h2-7,9H,8H2,1H3,(H,20,21). The molecule has 5 nitrogen and oxygen atoms in total. The summed E-state index contributed by atoms with van der Waals surface area (Å²) in [5.74, 6) is -0.780. The number of carboxylic acid groups (broad SMARTS) is 1. The number of hydrogen-bond donors (Lipinski definition) is 1. The average molecular weight is 361 g/mol. The van der Waals surface area contributed by atoms with Gasteiger partial charge in [0.2, 0.25) is 0 Å². The Morgan fingerprint density at radius 2 is 2.09 bits per heavy atom. The number of imidazole rings is 1. The summed E-state index contributed by atoms with van der Waals surface area (Å²) in [5, 5.41) is 9.47. The molecule has 1 heterocycles. The number of benzene rings is 2. The number of carboxylic acids is 1. The van der Waals surface area contributed by atoms with Gasteiger partial charge >= 0.3 is 5.97 Å². The molecule has 6 heteroatoms. The van der Waals surface area contributed by atoms with Crippen LogP contribution in [0.15, 0.2) is 47.2 Å². The maximum atomic E-state index is 11.6. The molecule has 0 fully saturated rings. The topological polar surface area (TPSA) is 64.4 Å². The number of halogens is 1. The zero-order valence-electron chi connectivity index (χ0n) is 11.8. The predicted octanol–water partition coefficient (Wildman–Crippen LogP) is 3.55. The highest BCUT2D eigenvalue weighted by Crippen LogP contribution is 2.35. The first-order valence-corrected chi connectivity index (χ1v) is 7.39. The third-order valence-corrected chi connectivity index (χ3v) is 4.03. The number of ether oxygens (including phenoxy) is 1. The Kier molecular flexibility index (Phi) is 3.85. The molecule has 0 spiro atoms. The number of nitrogens with zero attached hydrogens (tertiary/aromatic N) is 2. The second-order valence-corrected chi connectivity index (χ2v) is 5.65. The van der Waals surface area contributed by atoms with Crippen LogP contribution >= 0.6 is 15.9 Å². The fourth-order valence-electron chi connectivity index (χ4n) is 2.45. The van der Waals surface area contributed by atoms with Gasteiger partial charge in [0.05, 0.1) is 23.4 Å². The van der Waals surface area contributed by atoms with Gasteiger partial charge in [-0.2, -0.15) is 0 Å². The van der Waals surface area contributed by atoms with Crippen molar-refractivity contribution in [3.63, 3.8) is 0 Å². The molecule has 0 amide bonds. The van der Waals surface area contributed by atoms with Crippen LogP contribution in [0.4, 0.5) is 0 Å². The number of methoxy groups -OCH3 is 1. The highest BCUT2D eigenvalue weighted by atomic mass is 79.9. The van der Waals surface area contributed by atoms with Crippen molar-refractivity contribution in [3.8, 4) is 5.75 Å². The molecule has 0 radical (unpaired) electrons. The Bertz CT molecular complexity index is 843. The van der Waals surface area contributed by atoms with Crippen LogP contribution in [0.1, 0.15) is 15.9 Å². The molecule has 0 saturated carbocycles. The van der Waals surface area contributed by atoms with Crippen LogP contribution in [0.2, 0.25) is 0 Å². The molecule has 0 bridgehead atoms. The first-order valence-electron chi connectivity index (χ1n) is 6.60. The highest BCUT2D eigenvalue weighted by molar-refractivity contribution is 9.10. The molecule has 2 aromatic carbocycles. The molecule has 0 unspecified atom stereocenters. The summed E-state index contributed by atoms with van der Waals surface area (Å²) in [6.45, 7) is 0.620. The quantitative estimate of drug-likeness (QED) is 0.772. The number of aromatic carboxylic acids is 1. The Labute approximate surface area is 135 Å². The minimum absolute atomic E-state index is 0.0682. The maximum Gasteiger partial charge on any atom is 0.341 e. The van der Waals surface area contributed by atoms with Gasteiger partial charge in [0.1, 0.15) is 16.8 Å². The number of rotatable bonds is 4. The van der Waals surface area contributed by atoms with Crippen LogP contribution in [0.5, 0.6) is 5.75 Å². The van der Waals surface area contributed by atoms with Crippen molar-refractivity contribution in [2.75, 3.05) is 7.11 Å². The van der Waals surface area contributed by atoms with E-state index in [2.05, 4.69) is 20.9 Å². The zero-order valence-corrected chi connectivity index (χ0v) is 13.4. The van der Waals surface area contributed by atoms with E-state index in [4.69, 9.17) is 4.74 Å². The first kappa shape index (κ1) is 14.6. The molecule has 1 N–H and O–H groups in total. The summed E-state index contributed by atoms with van der Waals surface area (Å²) in [6.07, 6.45) is 1.65. The van der Waals surface area contributed by atoms with Crippen molar-refractivity contribution in [2.45, 2.75) is 6.54 Å². The average Bonchev–Trinajstić information content (AvgIpc) is 2.89. The van der Waals surface area contributed by atoms with E-state index in [0.717, 1.165) is 11.1 Å². The number of carbonyl (C=O) groups is 1. The van der Waals surface area contributed by atoms with Gasteiger partial charge in [-0.15, -0.1) is 0 Å². The zero-order chi connectivity index (χ0) is 15.7. The summed E-state index contributed by atoms with van der Waals surface area (Å²) in [7, 11) is 1.44. The van der Waals surface area contributed by atoms with Crippen LogP contribution in [0.25, 0.3) is 11.0 Å². The lowest BCUT2D eigenvalue weighted by Crippen LogP contribution is -2.04. The number of fused-ring (bicyclic) bond motifs is 1. The third-order valence-electron chi connectivity index (χ3n) is 3.44. The van der Waals surface area contributed by atoms with Crippen LogP contribution in [-0.2, 0) is 6.54 Å². The molecule has 0 aliphatic heterocycles. The van der Waals surface area contributed by atoms with E-state index in [1.54, 1.807) is 6.33 Å². The second kappa shape index (κ2) is 5.81. The van der Waals surface area contributed by atoms with Crippen molar-refractivity contribution in [1.82, 2.24) is 9.55 Å². The molecular formula is C16H13BrN2O3. The van der Waals surface area contributed by atoms with Crippen LogP contribution in [0.3, 0.4) is 0 Å². The molecule has 3 aromatic rings. The van der Waals surface area contributed by atoms with E-state index in [9.17, 15) is 9.90 Å². The van der Waals surface area contributed by atoms with Gasteiger partial charge in [-0.25, -0.2) is 9.78 Å². The molecule has 3 rings (SSSR count). The summed E-state index contributed by atoms with van der Waals surface area (Å²) >= 11 is 3.37. The molecule has 0 aliphatic carbocycles. The van der Waals surface area contributed by atoms with Crippen molar-refractivity contribution in [1.29, 1.82) is 0 Å². The lowest BCUT2D eigenvalue weighted by atomic mass is 10.1. The van der Waals surface area contributed by atoms with Crippen LogP contribution in [0, 0.1) is 0 Å². The van der Waals surface area contributed by atoms with Gasteiger partial charge < -0.3 is 14.4 Å². The van der Waals surface area contributed by atoms with E-state index < -0.39 is 5.97 Å². The monoisotopic (exact) mass is 360 g/mol. The van der Waals surface area contributed by atoms with E-state index in [0.29, 0.717) is 16.5 Å². The Morgan fingerprint density at radius 3 is 2.73 bits per heavy atom. The predicted molar refractivity (Wildman–Crippen MR) is 86.5 cm³/mol. The first-order chi connectivity index (χ1) is 10.6. The lowest BCUT2D eigenvalue weighted by Gasteiger charge is -2.10. The van der Waals surface area contributed by atoms with E-state index >= 15 is 0 Å². The molecule has 0 saturated heterocycles. The van der Waals surface area contributed by atoms with Crippen LogP contribution in [-0.4, -0.2) is 27.7 Å². The smallest absolute Gasteiger partial charge is 0.341 e. The van der Waals surface area contributed by atoms with Gasteiger partial charge in [-0.1, -0.05) is 30.3 Å². The minimum atomic E-state index is -1.06. The number of hydrogen-bond acceptors (Lipinski definition) is 3. The van der Waals surface area contributed by atoms with Gasteiger partial charge in [-0.05, 0) is 27.6 Å². The molecule has 1 aromatic heterocycles. The van der Waals surface area contributed by atoms with Gasteiger partial charge in [0, 0.05) is 6.54 Å². The van der Waals surface area contributed by atoms with Crippen LogP contribution < -0.4 is 4.74 Å². The number of aromatic nitrogens is 2. The molecule has 22 heavy (non-hydrogen) atoms. The Morgan fingerprint density at radius 1 is 1.36 bits per heavy atom. The molecule has 0 atom stereocenters. The fraction of sp³-hybridized carbons (Fsp3) is 0.125. The normalized spacial score (nSPS) is 10.8. The summed E-state index contributed by atoms with van der Waals surface area (Å²) < 4.78 is 7.71. The Hall–Kier alpha value is -2.34. The lowest BCUT2D eigenvalue weighted by molar-refractivity contribution is 0.0695. The molecule has 0 aliphatic rings. The van der Waals surface area contributed by atoms with E-state index in [1.165, 1.54) is 7.11 Å². The third kappa shape index (κ3) is 2.46. The van der Waals surface area contributed by atoms with Gasteiger partial charge in [0.25, 0.3) is 0 Å². The fourth-order valence-corrected chi connectivity index (χ4v) is 3.03. The second-order valence-electron chi connectivity index (χ2n) is 4.80. The molecular weight excluding hydrogens is 348 g/mol. The summed E-state index contributed by atoms with van der Waals surface area (Å²) in [4.78, 5) is 15.8. The van der Waals surface area contributed by atoms with E-state index in [1.807, 2.05) is 41.0 Å². The van der Waals surface area contributed by atoms with Crippen molar-refractivity contribution in [3.05, 3.63) is 58.3 Å². The maximum absolute atomic E-state index is 11.6. The van der Waals surface area contributed by atoms with Gasteiger partial charge in [0.15, 0.2) is 0 Å². The van der Waals surface area contributed by atoms with Gasteiger partial charge in [-0.3, -0.25) is 0 Å². The molecule has 112 valence electrons. The highest BCUT2D eigenvalue weighted by Gasteiger charge is 2.22. The SMILES string of the molecule is COc1c(Br)cc2c(ncn2Cc2ccccc2)c1C(=O)O. The van der Waals surface area contributed by atoms with E-state index in [-0.39, 0.29) is 11.3 Å². The Balaban J connectivity index is 2.17. The summed E-state index contributed by atoms with van der Waals surface area (Å²) in [6, 6.07) is 11.8.